The standard InChI is InChI=1S/C17H12Cl2N4O2/c18-12-6-5-10(9-13(12)19)16-11-7-8-20-17(11)22(21-16)14-3-1-2-4-15(14)23(24)25/h1-6,9,20H,7-8H2. The molecule has 25 heavy (non-hydrogen) atoms. The van der Waals surface area contributed by atoms with E-state index in [1.54, 1.807) is 35.0 Å². The van der Waals surface area contributed by atoms with Crippen molar-refractivity contribution in [1.29, 1.82) is 0 Å². The fraction of sp³-hybridized carbons (Fsp3) is 0.118. The molecule has 0 aliphatic carbocycles. The maximum absolute atomic E-state index is 11.4. The van der Waals surface area contributed by atoms with Crippen molar-refractivity contribution in [3.05, 3.63) is 68.2 Å². The number of nitrogens with zero attached hydrogens (tertiary/aromatic N) is 3. The summed E-state index contributed by atoms with van der Waals surface area (Å²) in [6.07, 6.45) is 0.783. The number of hydrogen-bond acceptors (Lipinski definition) is 4. The molecular formula is C17H12Cl2N4O2. The molecule has 1 aliphatic heterocycles. The fourth-order valence-corrected chi connectivity index (χ4v) is 3.32. The highest BCUT2D eigenvalue weighted by Crippen LogP contribution is 2.38. The van der Waals surface area contributed by atoms with Crippen molar-refractivity contribution < 1.29 is 4.92 Å². The second-order valence-corrected chi connectivity index (χ2v) is 6.45. The third-order valence-electron chi connectivity index (χ3n) is 4.15. The van der Waals surface area contributed by atoms with Crippen LogP contribution >= 0.6 is 23.2 Å². The number of fused-ring (bicyclic) bond motifs is 1. The Bertz CT molecular complexity index is 1000. The number of anilines is 1. The molecule has 1 aromatic heterocycles. The quantitative estimate of drug-likeness (QED) is 0.531. The number of para-hydroxylation sites is 2. The van der Waals surface area contributed by atoms with E-state index in [1.807, 2.05) is 6.07 Å². The molecule has 8 heteroatoms. The van der Waals surface area contributed by atoms with Crippen LogP contribution in [0.2, 0.25) is 10.0 Å². The van der Waals surface area contributed by atoms with E-state index in [9.17, 15) is 10.1 Å². The van der Waals surface area contributed by atoms with Gasteiger partial charge < -0.3 is 5.32 Å². The summed E-state index contributed by atoms with van der Waals surface area (Å²) in [4.78, 5) is 11.0. The van der Waals surface area contributed by atoms with Gasteiger partial charge in [0.15, 0.2) is 0 Å². The van der Waals surface area contributed by atoms with Gasteiger partial charge in [0.25, 0.3) is 5.69 Å². The highest BCUT2D eigenvalue weighted by molar-refractivity contribution is 6.42. The van der Waals surface area contributed by atoms with Gasteiger partial charge in [-0.2, -0.15) is 5.10 Å². The molecule has 2 heterocycles. The van der Waals surface area contributed by atoms with Crippen molar-refractivity contribution in [3.8, 4) is 16.9 Å². The largest absolute Gasteiger partial charge is 0.369 e. The highest BCUT2D eigenvalue weighted by Gasteiger charge is 2.27. The van der Waals surface area contributed by atoms with E-state index in [0.717, 1.165) is 35.6 Å². The van der Waals surface area contributed by atoms with E-state index in [4.69, 9.17) is 23.2 Å². The van der Waals surface area contributed by atoms with Crippen molar-refractivity contribution in [3.63, 3.8) is 0 Å². The van der Waals surface area contributed by atoms with Crippen LogP contribution in [0.4, 0.5) is 11.5 Å². The van der Waals surface area contributed by atoms with Gasteiger partial charge in [-0.1, -0.05) is 41.4 Å². The lowest BCUT2D eigenvalue weighted by molar-refractivity contribution is -0.384. The van der Waals surface area contributed by atoms with Crippen LogP contribution in [0.5, 0.6) is 0 Å². The number of nitro benzene ring substituents is 1. The van der Waals surface area contributed by atoms with Crippen LogP contribution in [0.25, 0.3) is 16.9 Å². The van der Waals surface area contributed by atoms with Crippen molar-refractivity contribution in [2.75, 3.05) is 11.9 Å². The minimum atomic E-state index is -0.406. The molecule has 0 bridgehead atoms. The van der Waals surface area contributed by atoms with E-state index >= 15 is 0 Å². The Morgan fingerprint density at radius 2 is 1.96 bits per heavy atom. The first-order valence-corrected chi connectivity index (χ1v) is 8.37. The van der Waals surface area contributed by atoms with Crippen LogP contribution in [0.1, 0.15) is 5.56 Å². The van der Waals surface area contributed by atoms with E-state index in [0.29, 0.717) is 15.7 Å². The first kappa shape index (κ1) is 15.9. The summed E-state index contributed by atoms with van der Waals surface area (Å²) >= 11 is 12.1. The van der Waals surface area contributed by atoms with Gasteiger partial charge >= 0.3 is 0 Å². The fourth-order valence-electron chi connectivity index (χ4n) is 3.02. The van der Waals surface area contributed by atoms with Gasteiger partial charge in [-0.05, 0) is 24.6 Å². The summed E-state index contributed by atoms with van der Waals surface area (Å²) in [6, 6.07) is 11.9. The molecule has 0 fully saturated rings. The number of rotatable bonds is 3. The second kappa shape index (κ2) is 6.06. The Morgan fingerprint density at radius 1 is 1.16 bits per heavy atom. The molecule has 6 nitrogen and oxygen atoms in total. The van der Waals surface area contributed by atoms with Crippen LogP contribution in [-0.4, -0.2) is 21.2 Å². The van der Waals surface area contributed by atoms with Crippen molar-refractivity contribution >= 4 is 34.7 Å². The number of nitrogens with one attached hydrogen (secondary N) is 1. The maximum Gasteiger partial charge on any atom is 0.294 e. The van der Waals surface area contributed by atoms with E-state index in [1.165, 1.54) is 6.07 Å². The molecule has 0 amide bonds. The highest BCUT2D eigenvalue weighted by atomic mass is 35.5. The topological polar surface area (TPSA) is 73.0 Å². The molecule has 0 atom stereocenters. The van der Waals surface area contributed by atoms with Gasteiger partial charge in [0, 0.05) is 23.7 Å². The Hall–Kier alpha value is -2.57. The molecular weight excluding hydrogens is 363 g/mol. The van der Waals surface area contributed by atoms with Gasteiger partial charge in [0.05, 0.1) is 20.7 Å². The molecule has 0 unspecified atom stereocenters. The molecule has 0 spiro atoms. The summed E-state index contributed by atoms with van der Waals surface area (Å²) in [5, 5.41) is 20.2. The van der Waals surface area contributed by atoms with Crippen LogP contribution in [0.3, 0.4) is 0 Å². The smallest absolute Gasteiger partial charge is 0.294 e. The summed E-state index contributed by atoms with van der Waals surface area (Å²) in [5.41, 5.74) is 3.01. The first-order valence-electron chi connectivity index (χ1n) is 7.61. The van der Waals surface area contributed by atoms with Gasteiger partial charge in [0.2, 0.25) is 0 Å². The van der Waals surface area contributed by atoms with Crippen LogP contribution < -0.4 is 5.32 Å². The zero-order chi connectivity index (χ0) is 17.6. The van der Waals surface area contributed by atoms with Gasteiger partial charge in [-0.25, -0.2) is 4.68 Å². The summed E-state index contributed by atoms with van der Waals surface area (Å²) in [5.74, 6) is 0.773. The molecule has 2 aromatic carbocycles. The van der Waals surface area contributed by atoms with Crippen molar-refractivity contribution in [2.24, 2.45) is 0 Å². The molecule has 0 radical (unpaired) electrons. The van der Waals surface area contributed by atoms with E-state index in [2.05, 4.69) is 10.4 Å². The van der Waals surface area contributed by atoms with Crippen LogP contribution in [0.15, 0.2) is 42.5 Å². The molecule has 1 N–H and O–H groups in total. The minimum absolute atomic E-state index is 0.00203. The normalized spacial score (nSPS) is 12.7. The summed E-state index contributed by atoms with van der Waals surface area (Å²) in [6.45, 7) is 0.752. The van der Waals surface area contributed by atoms with Crippen LogP contribution in [0, 0.1) is 10.1 Å². The van der Waals surface area contributed by atoms with Gasteiger partial charge in [0.1, 0.15) is 11.5 Å². The monoisotopic (exact) mass is 374 g/mol. The predicted octanol–water partition coefficient (Wildman–Crippen LogP) is 4.72. The average molecular weight is 375 g/mol. The number of benzene rings is 2. The molecule has 0 saturated heterocycles. The molecule has 4 rings (SSSR count). The second-order valence-electron chi connectivity index (χ2n) is 5.64. The lowest BCUT2D eigenvalue weighted by Gasteiger charge is -2.07. The summed E-state index contributed by atoms with van der Waals surface area (Å²) < 4.78 is 1.60. The maximum atomic E-state index is 11.4. The lowest BCUT2D eigenvalue weighted by Crippen LogP contribution is -2.06. The Labute approximate surface area is 153 Å². The minimum Gasteiger partial charge on any atom is -0.369 e. The number of aromatic nitrogens is 2. The zero-order valence-electron chi connectivity index (χ0n) is 12.9. The van der Waals surface area contributed by atoms with Crippen molar-refractivity contribution in [2.45, 2.75) is 6.42 Å². The number of hydrogen-bond donors (Lipinski definition) is 1. The number of halogens is 2. The zero-order valence-corrected chi connectivity index (χ0v) is 14.4. The first-order chi connectivity index (χ1) is 12.1. The predicted molar refractivity (Wildman–Crippen MR) is 97.9 cm³/mol. The molecule has 1 aliphatic rings. The van der Waals surface area contributed by atoms with Gasteiger partial charge in [-0.3, -0.25) is 10.1 Å². The Kier molecular flexibility index (Phi) is 3.86. The Morgan fingerprint density at radius 3 is 2.72 bits per heavy atom. The molecule has 0 saturated carbocycles. The van der Waals surface area contributed by atoms with Crippen molar-refractivity contribution in [1.82, 2.24) is 9.78 Å². The lowest BCUT2D eigenvalue weighted by atomic mass is 10.1. The van der Waals surface area contributed by atoms with Gasteiger partial charge in [-0.15, -0.1) is 0 Å². The molecule has 3 aromatic rings. The molecule has 126 valence electrons. The van der Waals surface area contributed by atoms with E-state index < -0.39 is 4.92 Å². The summed E-state index contributed by atoms with van der Waals surface area (Å²) in [7, 11) is 0. The van der Waals surface area contributed by atoms with Crippen LogP contribution in [-0.2, 0) is 6.42 Å². The number of nitro groups is 1. The SMILES string of the molecule is O=[N+]([O-])c1ccccc1-n1nc(-c2ccc(Cl)c(Cl)c2)c2c1NCC2. The third kappa shape index (κ3) is 2.63. The van der Waals surface area contributed by atoms with E-state index in [-0.39, 0.29) is 5.69 Å². The third-order valence-corrected chi connectivity index (χ3v) is 4.89. The Balaban J connectivity index is 1.92. The average Bonchev–Trinajstić information content (AvgIpc) is 3.20.